The van der Waals surface area contributed by atoms with Crippen molar-refractivity contribution in [1.82, 2.24) is 15.5 Å². The Morgan fingerprint density at radius 2 is 2.07 bits per heavy atom. The number of primary amides is 1. The summed E-state index contributed by atoms with van der Waals surface area (Å²) in [6, 6.07) is 9.61. The van der Waals surface area contributed by atoms with E-state index in [0.29, 0.717) is 34.5 Å². The Morgan fingerprint density at radius 1 is 1.26 bits per heavy atom. The van der Waals surface area contributed by atoms with Gasteiger partial charge in [0, 0.05) is 17.0 Å². The smallest absolute Gasteiger partial charge is 0.284 e. The molecular weight excluding hydrogens is 348 g/mol. The molecule has 1 aromatic carbocycles. The second-order valence-corrected chi connectivity index (χ2v) is 6.57. The molecule has 0 spiro atoms. The normalized spacial score (nSPS) is 14.7. The number of nitrogens with two attached hydrogens (primary N) is 1. The van der Waals surface area contributed by atoms with Crippen molar-refractivity contribution >= 4 is 11.8 Å². The molecule has 0 radical (unpaired) electrons. The van der Waals surface area contributed by atoms with E-state index in [1.54, 1.807) is 37.3 Å². The molecule has 2 aromatic heterocycles. The second kappa shape index (κ2) is 6.71. The van der Waals surface area contributed by atoms with Crippen molar-refractivity contribution in [3.05, 3.63) is 59.4 Å². The summed E-state index contributed by atoms with van der Waals surface area (Å²) in [6.07, 6.45) is 2.16. The van der Waals surface area contributed by atoms with E-state index in [2.05, 4.69) is 15.5 Å². The number of amides is 2. The molecule has 138 valence electrons. The molecule has 27 heavy (non-hydrogen) atoms. The summed E-state index contributed by atoms with van der Waals surface area (Å²) in [5.74, 6) is 1.08. The predicted molar refractivity (Wildman–Crippen MR) is 94.8 cm³/mol. The first kappa shape index (κ1) is 17.0. The zero-order valence-electron chi connectivity index (χ0n) is 14.6. The van der Waals surface area contributed by atoms with Crippen LogP contribution in [0.1, 0.15) is 64.4 Å². The minimum Gasteiger partial charge on any atom is -0.451 e. The summed E-state index contributed by atoms with van der Waals surface area (Å²) in [5, 5.41) is 6.81. The second-order valence-electron chi connectivity index (χ2n) is 6.57. The Balaban J connectivity index is 1.48. The Kier molecular flexibility index (Phi) is 4.23. The number of furan rings is 1. The number of benzene rings is 1. The van der Waals surface area contributed by atoms with E-state index in [1.165, 1.54) is 6.07 Å². The van der Waals surface area contributed by atoms with Crippen LogP contribution in [0, 0.1) is 0 Å². The van der Waals surface area contributed by atoms with Gasteiger partial charge in [0.05, 0.1) is 0 Å². The molecule has 2 amide bonds. The molecule has 1 aliphatic carbocycles. The molecule has 1 saturated carbocycles. The molecule has 1 fully saturated rings. The molecule has 1 aliphatic rings. The van der Waals surface area contributed by atoms with E-state index >= 15 is 0 Å². The minimum atomic E-state index is -0.644. The third kappa shape index (κ3) is 3.59. The summed E-state index contributed by atoms with van der Waals surface area (Å²) in [7, 11) is 0. The third-order valence-corrected chi connectivity index (χ3v) is 4.38. The lowest BCUT2D eigenvalue weighted by Crippen LogP contribution is -2.26. The fourth-order valence-electron chi connectivity index (χ4n) is 2.71. The topological polar surface area (TPSA) is 124 Å². The maximum absolute atomic E-state index is 12.6. The van der Waals surface area contributed by atoms with Gasteiger partial charge in [-0.2, -0.15) is 4.98 Å². The fourth-order valence-corrected chi connectivity index (χ4v) is 2.71. The maximum Gasteiger partial charge on any atom is 0.284 e. The number of hydrogen-bond acceptors (Lipinski definition) is 6. The van der Waals surface area contributed by atoms with E-state index in [-0.39, 0.29) is 11.7 Å². The van der Waals surface area contributed by atoms with Gasteiger partial charge in [-0.15, -0.1) is 0 Å². The van der Waals surface area contributed by atoms with Crippen LogP contribution in [-0.2, 0) is 0 Å². The first-order valence-corrected chi connectivity index (χ1v) is 8.65. The highest BCUT2D eigenvalue weighted by Gasteiger charge is 2.29. The first-order chi connectivity index (χ1) is 13.0. The monoisotopic (exact) mass is 366 g/mol. The van der Waals surface area contributed by atoms with Crippen LogP contribution in [0.4, 0.5) is 0 Å². The first-order valence-electron chi connectivity index (χ1n) is 8.65. The Bertz CT molecular complexity index is 1000. The number of aromatic nitrogens is 2. The van der Waals surface area contributed by atoms with Crippen LogP contribution in [0.25, 0.3) is 11.3 Å². The summed E-state index contributed by atoms with van der Waals surface area (Å²) < 4.78 is 10.7. The lowest BCUT2D eigenvalue weighted by Gasteiger charge is -2.10. The van der Waals surface area contributed by atoms with E-state index in [4.69, 9.17) is 14.7 Å². The van der Waals surface area contributed by atoms with Crippen molar-refractivity contribution < 1.29 is 18.5 Å². The van der Waals surface area contributed by atoms with E-state index in [1.807, 2.05) is 0 Å². The molecule has 8 heteroatoms. The highest BCUT2D eigenvalue weighted by molar-refractivity contribution is 5.95. The van der Waals surface area contributed by atoms with Gasteiger partial charge >= 0.3 is 0 Å². The Hall–Kier alpha value is -3.42. The van der Waals surface area contributed by atoms with Gasteiger partial charge in [-0.05, 0) is 44.0 Å². The summed E-state index contributed by atoms with van der Waals surface area (Å²) in [6.45, 7) is 1.79. The van der Waals surface area contributed by atoms with Crippen LogP contribution < -0.4 is 11.1 Å². The highest BCUT2D eigenvalue weighted by Crippen LogP contribution is 2.38. The number of nitrogens with zero attached hydrogens (tertiary/aromatic N) is 2. The van der Waals surface area contributed by atoms with E-state index in [0.717, 1.165) is 12.8 Å². The van der Waals surface area contributed by atoms with Gasteiger partial charge in [0.1, 0.15) is 11.8 Å². The fraction of sp³-hybridized carbons (Fsp3) is 0.263. The molecule has 3 N–H and O–H groups in total. The van der Waals surface area contributed by atoms with Crippen LogP contribution in [-0.4, -0.2) is 22.0 Å². The zero-order valence-corrected chi connectivity index (χ0v) is 14.6. The van der Waals surface area contributed by atoms with Gasteiger partial charge in [0.15, 0.2) is 11.6 Å². The number of hydrogen-bond donors (Lipinski definition) is 2. The van der Waals surface area contributed by atoms with Gasteiger partial charge in [-0.25, -0.2) is 0 Å². The molecule has 0 saturated heterocycles. The number of rotatable bonds is 6. The van der Waals surface area contributed by atoms with Crippen LogP contribution in [0.2, 0.25) is 0 Å². The van der Waals surface area contributed by atoms with Crippen LogP contribution >= 0.6 is 0 Å². The molecule has 4 rings (SSSR count). The van der Waals surface area contributed by atoms with Crippen molar-refractivity contribution in [2.45, 2.75) is 31.7 Å². The van der Waals surface area contributed by atoms with Crippen molar-refractivity contribution in [2.75, 3.05) is 0 Å². The van der Waals surface area contributed by atoms with Crippen molar-refractivity contribution in [2.24, 2.45) is 5.73 Å². The average Bonchev–Trinajstić information content (AvgIpc) is 3.19. The van der Waals surface area contributed by atoms with Crippen LogP contribution in [0.3, 0.4) is 0 Å². The molecule has 0 aliphatic heterocycles. The molecule has 1 unspecified atom stereocenters. The van der Waals surface area contributed by atoms with Crippen molar-refractivity contribution in [1.29, 1.82) is 0 Å². The molecule has 0 bridgehead atoms. The Labute approximate surface area is 154 Å². The van der Waals surface area contributed by atoms with E-state index < -0.39 is 11.9 Å². The van der Waals surface area contributed by atoms with Gasteiger partial charge in [-0.1, -0.05) is 17.3 Å². The minimum absolute atomic E-state index is 0.0661. The van der Waals surface area contributed by atoms with Gasteiger partial charge in [0.25, 0.3) is 11.8 Å². The largest absolute Gasteiger partial charge is 0.451 e. The SMILES string of the molecule is CC(NC(=O)c1cccc(-c2ccc(C(N)=O)o2)c1)c1nc(C2CC2)no1. The maximum atomic E-state index is 12.6. The van der Waals surface area contributed by atoms with Gasteiger partial charge < -0.3 is 20.0 Å². The quantitative estimate of drug-likeness (QED) is 0.691. The molecule has 8 nitrogen and oxygen atoms in total. The summed E-state index contributed by atoms with van der Waals surface area (Å²) >= 11 is 0. The number of carbonyl (C=O) groups excluding carboxylic acids is 2. The molecule has 2 heterocycles. The molecule has 3 aromatic rings. The van der Waals surface area contributed by atoms with Crippen molar-refractivity contribution in [3.63, 3.8) is 0 Å². The summed E-state index contributed by atoms with van der Waals surface area (Å²) in [4.78, 5) is 28.1. The lowest BCUT2D eigenvalue weighted by molar-refractivity contribution is 0.0931. The Morgan fingerprint density at radius 3 is 2.78 bits per heavy atom. The molecular formula is C19H18N4O4. The van der Waals surface area contributed by atoms with Crippen molar-refractivity contribution in [3.8, 4) is 11.3 Å². The van der Waals surface area contributed by atoms with Crippen LogP contribution in [0.5, 0.6) is 0 Å². The summed E-state index contributed by atoms with van der Waals surface area (Å²) in [5.41, 5.74) is 6.31. The number of carbonyl (C=O) groups is 2. The van der Waals surface area contributed by atoms with Crippen LogP contribution in [0.15, 0.2) is 45.3 Å². The lowest BCUT2D eigenvalue weighted by atomic mass is 10.1. The van der Waals surface area contributed by atoms with E-state index in [9.17, 15) is 9.59 Å². The standard InChI is InChI=1S/C19H18N4O4/c1-10(19-22-17(23-27-19)11-5-6-11)21-18(25)13-4-2-3-12(9-13)14-7-8-15(26-14)16(20)24/h2-4,7-11H,5-6H2,1H3,(H2,20,24)(H,21,25). The third-order valence-electron chi connectivity index (χ3n) is 4.38. The van der Waals surface area contributed by atoms with Gasteiger partial charge in [-0.3, -0.25) is 9.59 Å². The highest BCUT2D eigenvalue weighted by atomic mass is 16.5. The predicted octanol–water partition coefficient (Wildman–Crippen LogP) is 2.80. The number of nitrogens with one attached hydrogen (secondary N) is 1. The van der Waals surface area contributed by atoms with Gasteiger partial charge in [0.2, 0.25) is 5.89 Å². The molecule has 1 atom stereocenters. The zero-order chi connectivity index (χ0) is 19.0. The average molecular weight is 366 g/mol.